The minimum Gasteiger partial charge on any atom is -0.398 e. The van der Waals surface area contributed by atoms with Gasteiger partial charge in [0.1, 0.15) is 0 Å². The predicted octanol–water partition coefficient (Wildman–Crippen LogP) is 1.92. The molecule has 1 aromatic rings. The lowest BCUT2D eigenvalue weighted by atomic mass is 10.1. The number of nitrogens with zero attached hydrogens (tertiary/aromatic N) is 2. The van der Waals surface area contributed by atoms with E-state index in [9.17, 15) is 13.6 Å². The second kappa shape index (κ2) is 5.96. The molecule has 6 heteroatoms. The van der Waals surface area contributed by atoms with Gasteiger partial charge in [-0.2, -0.15) is 5.26 Å². The number of anilines is 1. The highest BCUT2D eigenvalue weighted by Crippen LogP contribution is 2.19. The number of nitrogen functional groups attached to an aromatic ring is 1. The van der Waals surface area contributed by atoms with Gasteiger partial charge in [0, 0.05) is 24.8 Å². The molecule has 0 saturated carbocycles. The van der Waals surface area contributed by atoms with Crippen LogP contribution in [0, 0.1) is 23.0 Å². The molecule has 0 atom stereocenters. The van der Waals surface area contributed by atoms with Gasteiger partial charge in [-0.25, -0.2) is 8.78 Å². The molecule has 0 spiro atoms. The van der Waals surface area contributed by atoms with E-state index in [4.69, 9.17) is 11.0 Å². The number of halogens is 2. The average molecular weight is 253 g/mol. The predicted molar refractivity (Wildman–Crippen MR) is 62.6 cm³/mol. The van der Waals surface area contributed by atoms with Gasteiger partial charge in [-0.15, -0.1) is 0 Å². The fourth-order valence-corrected chi connectivity index (χ4v) is 1.51. The molecule has 96 valence electrons. The number of hydrogen-bond donors (Lipinski definition) is 1. The van der Waals surface area contributed by atoms with Crippen LogP contribution in [0.2, 0.25) is 0 Å². The molecule has 0 aliphatic rings. The lowest BCUT2D eigenvalue weighted by Crippen LogP contribution is -2.32. The number of amides is 1. The molecule has 0 aliphatic heterocycles. The van der Waals surface area contributed by atoms with Crippen molar-refractivity contribution in [3.63, 3.8) is 0 Å². The van der Waals surface area contributed by atoms with Crippen LogP contribution < -0.4 is 5.73 Å². The summed E-state index contributed by atoms with van der Waals surface area (Å²) in [5.74, 6) is -2.72. The zero-order chi connectivity index (χ0) is 13.7. The first kappa shape index (κ1) is 13.9. The van der Waals surface area contributed by atoms with Crippen molar-refractivity contribution in [2.24, 2.45) is 0 Å². The Hall–Kier alpha value is -2.16. The number of benzene rings is 1. The Kier molecular flexibility index (Phi) is 4.60. The summed E-state index contributed by atoms with van der Waals surface area (Å²) in [6.07, 6.45) is 0.170. The van der Waals surface area contributed by atoms with Gasteiger partial charge in [0.15, 0.2) is 11.6 Å². The molecule has 0 saturated heterocycles. The number of carbonyl (C=O) groups excluding carboxylic acids is 1. The Labute approximate surface area is 104 Å². The van der Waals surface area contributed by atoms with Gasteiger partial charge in [-0.05, 0) is 13.0 Å². The molecule has 18 heavy (non-hydrogen) atoms. The summed E-state index contributed by atoms with van der Waals surface area (Å²) in [6, 6.07) is 3.47. The van der Waals surface area contributed by atoms with Crippen molar-refractivity contribution in [2.45, 2.75) is 13.3 Å². The Morgan fingerprint density at radius 3 is 2.61 bits per heavy atom. The van der Waals surface area contributed by atoms with Crippen LogP contribution in [0.15, 0.2) is 12.1 Å². The lowest BCUT2D eigenvalue weighted by molar-refractivity contribution is 0.0768. The molecule has 0 unspecified atom stereocenters. The third kappa shape index (κ3) is 2.94. The van der Waals surface area contributed by atoms with Crippen LogP contribution in [0.4, 0.5) is 14.5 Å². The minimum absolute atomic E-state index is 0.0892. The molecule has 1 rings (SSSR count). The van der Waals surface area contributed by atoms with Gasteiger partial charge in [0.25, 0.3) is 5.91 Å². The average Bonchev–Trinajstić information content (AvgIpc) is 2.34. The van der Waals surface area contributed by atoms with E-state index in [0.717, 1.165) is 12.1 Å². The molecule has 0 heterocycles. The maximum absolute atomic E-state index is 13.1. The topological polar surface area (TPSA) is 70.1 Å². The molecule has 1 amide bonds. The number of rotatable bonds is 4. The minimum atomic E-state index is -1.12. The van der Waals surface area contributed by atoms with E-state index in [1.807, 2.05) is 6.07 Å². The van der Waals surface area contributed by atoms with E-state index in [0.29, 0.717) is 6.54 Å². The van der Waals surface area contributed by atoms with Crippen LogP contribution in [-0.4, -0.2) is 23.9 Å². The summed E-state index contributed by atoms with van der Waals surface area (Å²) in [4.78, 5) is 13.4. The Balaban J connectivity index is 3.02. The number of hydrogen-bond acceptors (Lipinski definition) is 3. The molecule has 2 N–H and O–H groups in total. The zero-order valence-electron chi connectivity index (χ0n) is 9.91. The van der Waals surface area contributed by atoms with Gasteiger partial charge < -0.3 is 10.6 Å². The van der Waals surface area contributed by atoms with E-state index < -0.39 is 17.5 Å². The number of nitrogens with two attached hydrogens (primary N) is 1. The molecular weight excluding hydrogens is 240 g/mol. The first-order valence-electron chi connectivity index (χ1n) is 5.42. The smallest absolute Gasteiger partial charge is 0.256 e. The maximum Gasteiger partial charge on any atom is 0.256 e. The molecule has 0 radical (unpaired) electrons. The molecule has 0 aliphatic carbocycles. The largest absolute Gasteiger partial charge is 0.398 e. The second-order valence-electron chi connectivity index (χ2n) is 3.65. The van der Waals surface area contributed by atoms with Crippen molar-refractivity contribution >= 4 is 11.6 Å². The van der Waals surface area contributed by atoms with Crippen molar-refractivity contribution in [3.05, 3.63) is 29.3 Å². The van der Waals surface area contributed by atoms with Crippen LogP contribution in [0.3, 0.4) is 0 Å². The van der Waals surface area contributed by atoms with Crippen LogP contribution in [0.1, 0.15) is 23.7 Å². The van der Waals surface area contributed by atoms with Gasteiger partial charge in [0.2, 0.25) is 0 Å². The molecular formula is C12H13F2N3O. The van der Waals surface area contributed by atoms with Gasteiger partial charge in [-0.1, -0.05) is 0 Å². The highest BCUT2D eigenvalue weighted by Gasteiger charge is 2.19. The van der Waals surface area contributed by atoms with Crippen molar-refractivity contribution in [2.75, 3.05) is 18.8 Å². The summed E-state index contributed by atoms with van der Waals surface area (Å²) < 4.78 is 26.0. The Morgan fingerprint density at radius 1 is 1.44 bits per heavy atom. The summed E-state index contributed by atoms with van der Waals surface area (Å²) in [5, 5.41) is 8.48. The quantitative estimate of drug-likeness (QED) is 0.833. The molecule has 4 nitrogen and oxygen atoms in total. The van der Waals surface area contributed by atoms with Crippen LogP contribution in [0.5, 0.6) is 0 Å². The molecule has 0 bridgehead atoms. The summed E-state index contributed by atoms with van der Waals surface area (Å²) >= 11 is 0. The van der Waals surface area contributed by atoms with E-state index in [1.54, 1.807) is 6.92 Å². The van der Waals surface area contributed by atoms with E-state index in [-0.39, 0.29) is 24.2 Å². The fraction of sp³-hybridized carbons (Fsp3) is 0.333. The summed E-state index contributed by atoms with van der Waals surface area (Å²) in [7, 11) is 0. The van der Waals surface area contributed by atoms with Crippen molar-refractivity contribution in [3.8, 4) is 6.07 Å². The van der Waals surface area contributed by atoms with E-state index in [2.05, 4.69) is 0 Å². The first-order chi connectivity index (χ1) is 8.51. The highest BCUT2D eigenvalue weighted by atomic mass is 19.2. The first-order valence-corrected chi connectivity index (χ1v) is 5.42. The molecule has 0 fully saturated rings. The number of carbonyl (C=O) groups is 1. The van der Waals surface area contributed by atoms with Gasteiger partial charge >= 0.3 is 0 Å². The third-order valence-corrected chi connectivity index (χ3v) is 2.49. The third-order valence-electron chi connectivity index (χ3n) is 2.49. The van der Waals surface area contributed by atoms with Crippen molar-refractivity contribution < 1.29 is 13.6 Å². The summed E-state index contributed by atoms with van der Waals surface area (Å²) in [5.41, 5.74) is 5.29. The van der Waals surface area contributed by atoms with Gasteiger partial charge in [-0.3, -0.25) is 4.79 Å². The zero-order valence-corrected chi connectivity index (χ0v) is 9.91. The SMILES string of the molecule is CCN(CCC#N)C(=O)c1cc(F)c(F)cc1N. The van der Waals surface area contributed by atoms with Crippen LogP contribution in [-0.2, 0) is 0 Å². The van der Waals surface area contributed by atoms with Crippen LogP contribution >= 0.6 is 0 Å². The maximum atomic E-state index is 13.1. The van der Waals surface area contributed by atoms with Crippen LogP contribution in [0.25, 0.3) is 0 Å². The van der Waals surface area contributed by atoms with Crippen molar-refractivity contribution in [1.82, 2.24) is 4.90 Å². The Bertz CT molecular complexity index is 497. The monoisotopic (exact) mass is 253 g/mol. The molecule has 1 aromatic carbocycles. The van der Waals surface area contributed by atoms with E-state index >= 15 is 0 Å². The van der Waals surface area contributed by atoms with Gasteiger partial charge in [0.05, 0.1) is 18.1 Å². The lowest BCUT2D eigenvalue weighted by Gasteiger charge is -2.20. The fourth-order valence-electron chi connectivity index (χ4n) is 1.51. The normalized spacial score (nSPS) is 9.89. The highest BCUT2D eigenvalue weighted by molar-refractivity contribution is 5.99. The summed E-state index contributed by atoms with van der Waals surface area (Å²) in [6.45, 7) is 2.31. The number of nitriles is 1. The van der Waals surface area contributed by atoms with E-state index in [1.165, 1.54) is 4.90 Å². The standard InChI is InChI=1S/C12H13F2N3O/c1-2-17(5-3-4-15)12(18)8-6-9(13)10(14)7-11(8)16/h6-7H,2-3,5,16H2,1H3. The van der Waals surface area contributed by atoms with Crippen molar-refractivity contribution in [1.29, 1.82) is 5.26 Å². The second-order valence-corrected chi connectivity index (χ2v) is 3.65. The Morgan fingerprint density at radius 2 is 2.06 bits per heavy atom. The molecule has 0 aromatic heterocycles.